The lowest BCUT2D eigenvalue weighted by molar-refractivity contribution is -0.130. The average molecular weight is 682 g/mol. The zero-order chi connectivity index (χ0) is 35.4. The lowest BCUT2D eigenvalue weighted by atomic mass is 9.81. The van der Waals surface area contributed by atoms with Crippen LogP contribution in [0.4, 0.5) is 5.69 Å². The van der Waals surface area contributed by atoms with Crippen LogP contribution in [0.3, 0.4) is 0 Å². The highest BCUT2D eigenvalue weighted by Gasteiger charge is 2.33. The summed E-state index contributed by atoms with van der Waals surface area (Å²) in [5, 5.41) is 20.6. The minimum atomic E-state index is -0.851. The number of nitrogens with two attached hydrogens (primary N) is 1. The lowest BCUT2D eigenvalue weighted by Gasteiger charge is -2.28. The molecule has 0 spiro atoms. The van der Waals surface area contributed by atoms with Gasteiger partial charge >= 0.3 is 5.69 Å². The minimum absolute atomic E-state index is 0.149. The maximum atomic E-state index is 13.7. The maximum Gasteiger partial charge on any atom is 0.323 e. The molecule has 0 radical (unpaired) electrons. The minimum Gasteiger partial charge on any atom is -0.394 e. The van der Waals surface area contributed by atoms with E-state index in [9.17, 15) is 29.1 Å². The molecule has 50 heavy (non-hydrogen) atoms. The number of H-pyrrole nitrogens is 2. The Morgan fingerprint density at radius 3 is 2.36 bits per heavy atom. The highest BCUT2D eigenvalue weighted by molar-refractivity contribution is 5.99. The summed E-state index contributed by atoms with van der Waals surface area (Å²) < 4.78 is 0. The highest BCUT2D eigenvalue weighted by Crippen LogP contribution is 2.29. The third kappa shape index (κ3) is 7.95. The lowest BCUT2D eigenvalue weighted by Crippen LogP contribution is -2.48. The van der Waals surface area contributed by atoms with E-state index >= 15 is 0 Å². The van der Waals surface area contributed by atoms with Gasteiger partial charge in [0, 0.05) is 23.6 Å². The van der Waals surface area contributed by atoms with E-state index in [1.165, 1.54) is 0 Å². The molecule has 13 heteroatoms. The Labute approximate surface area is 288 Å². The molecule has 4 amide bonds. The Morgan fingerprint density at radius 2 is 1.68 bits per heavy atom. The molecular weight excluding hydrogens is 638 g/mol. The van der Waals surface area contributed by atoms with Crippen molar-refractivity contribution in [1.82, 2.24) is 25.9 Å². The largest absolute Gasteiger partial charge is 0.394 e. The number of aromatic amines is 2. The number of hydrogen-bond acceptors (Lipinski definition) is 7. The smallest absolute Gasteiger partial charge is 0.323 e. The summed E-state index contributed by atoms with van der Waals surface area (Å²) >= 11 is 0. The van der Waals surface area contributed by atoms with Crippen LogP contribution in [0.2, 0.25) is 0 Å². The first-order chi connectivity index (χ1) is 24.1. The Kier molecular flexibility index (Phi) is 10.4. The fraction of sp³-hybridized carbons (Fsp3) is 0.378. The number of amides is 4. The second kappa shape index (κ2) is 15.1. The predicted octanol–water partition coefficient (Wildman–Crippen LogP) is 2.24. The number of fused-ring (bicyclic) bond motifs is 1. The average Bonchev–Trinajstić information content (AvgIpc) is 3.67. The number of aliphatic hydroxyl groups excluding tert-OH is 1. The second-order valence-electron chi connectivity index (χ2n) is 13.4. The molecule has 2 fully saturated rings. The number of aryl methyl sites for hydroxylation is 1. The van der Waals surface area contributed by atoms with Gasteiger partial charge in [0.1, 0.15) is 12.1 Å². The van der Waals surface area contributed by atoms with Crippen LogP contribution in [0.25, 0.3) is 22.2 Å². The Hall–Kier alpha value is -5.27. The van der Waals surface area contributed by atoms with Crippen LogP contribution in [0, 0.1) is 18.8 Å². The van der Waals surface area contributed by atoms with Crippen LogP contribution >= 0.6 is 0 Å². The first-order valence-electron chi connectivity index (χ1n) is 17.1. The molecule has 4 aromatic rings. The van der Waals surface area contributed by atoms with Crippen molar-refractivity contribution in [3.63, 3.8) is 0 Å². The molecule has 0 unspecified atom stereocenters. The zero-order valence-corrected chi connectivity index (χ0v) is 27.9. The van der Waals surface area contributed by atoms with Gasteiger partial charge in [0.05, 0.1) is 23.7 Å². The van der Waals surface area contributed by atoms with Crippen molar-refractivity contribution in [2.75, 3.05) is 18.5 Å². The predicted molar refractivity (Wildman–Crippen MR) is 189 cm³/mol. The van der Waals surface area contributed by atoms with Crippen molar-refractivity contribution in [3.05, 3.63) is 87.8 Å². The van der Waals surface area contributed by atoms with Gasteiger partial charge in [-0.15, -0.1) is 0 Å². The molecule has 262 valence electrons. The van der Waals surface area contributed by atoms with Gasteiger partial charge in [-0.1, -0.05) is 30.3 Å². The normalized spacial score (nSPS) is 21.0. The molecule has 1 aliphatic carbocycles. The van der Waals surface area contributed by atoms with E-state index in [1.807, 2.05) is 37.3 Å². The maximum absolute atomic E-state index is 13.7. The van der Waals surface area contributed by atoms with Crippen molar-refractivity contribution < 1.29 is 24.3 Å². The molecule has 1 saturated heterocycles. The molecule has 9 N–H and O–H groups in total. The first kappa shape index (κ1) is 34.6. The van der Waals surface area contributed by atoms with Crippen molar-refractivity contribution in [3.8, 4) is 11.1 Å². The number of aromatic nitrogens is 2. The molecule has 2 heterocycles. The molecule has 0 bridgehead atoms. The number of anilines is 1. The summed E-state index contributed by atoms with van der Waals surface area (Å²) in [6, 6.07) is 16.2. The summed E-state index contributed by atoms with van der Waals surface area (Å²) in [4.78, 5) is 69.2. The SMILES string of the molecule is Cc1cc(C(=O)N[C@@H]2C[C@@H](CO)NC2=O)ccc1-c1ccc(C[C@H](NC(=O)[C@H]2CC[C@H](CN)CC2)C(=O)Nc2ccc3[nH]c(=O)[nH]c3c2)cc1. The standard InChI is InChI=1S/C37H43N7O6/c1-20-14-25(34(47)42-32-17-27(19-45)40-36(32)49)10-12-28(20)23-6-2-21(3-7-23)15-31(41-33(46)24-8-4-22(18-38)5-9-24)35(48)39-26-11-13-29-30(16-26)44-37(50)43-29/h2-3,6-7,10-14,16,22,24,27,31-32,45H,4-5,8-9,15,17-19,38H2,1H3,(H,39,48)(H,40,49)(H,41,46)(H,42,47)(H2,43,44,50)/t22-,24-,27-,31-,32+/m0/s1. The number of carbonyl (C=O) groups is 4. The molecule has 1 saturated carbocycles. The van der Waals surface area contributed by atoms with E-state index in [4.69, 9.17) is 5.73 Å². The summed E-state index contributed by atoms with van der Waals surface area (Å²) in [6.45, 7) is 2.33. The van der Waals surface area contributed by atoms with Gasteiger partial charge in [-0.25, -0.2) is 4.79 Å². The van der Waals surface area contributed by atoms with Gasteiger partial charge in [0.2, 0.25) is 17.7 Å². The van der Waals surface area contributed by atoms with E-state index in [0.29, 0.717) is 41.2 Å². The number of nitrogens with one attached hydrogen (secondary N) is 6. The summed E-state index contributed by atoms with van der Waals surface area (Å²) in [7, 11) is 0. The molecule has 3 aromatic carbocycles. The first-order valence-corrected chi connectivity index (χ1v) is 17.1. The van der Waals surface area contributed by atoms with Crippen LogP contribution in [-0.4, -0.2) is 70.0 Å². The van der Waals surface area contributed by atoms with Crippen LogP contribution in [0.5, 0.6) is 0 Å². The van der Waals surface area contributed by atoms with Crippen molar-refractivity contribution >= 4 is 40.3 Å². The van der Waals surface area contributed by atoms with Gasteiger partial charge < -0.3 is 42.1 Å². The molecule has 3 atom stereocenters. The van der Waals surface area contributed by atoms with Crippen LogP contribution in [-0.2, 0) is 20.8 Å². The monoisotopic (exact) mass is 681 g/mol. The van der Waals surface area contributed by atoms with Gasteiger partial charge in [0.25, 0.3) is 5.91 Å². The fourth-order valence-electron chi connectivity index (χ4n) is 6.92. The van der Waals surface area contributed by atoms with Crippen molar-refractivity contribution in [2.45, 2.75) is 63.6 Å². The van der Waals surface area contributed by atoms with Gasteiger partial charge in [-0.05, 0) is 104 Å². The highest BCUT2D eigenvalue weighted by atomic mass is 16.3. The molecule has 1 aromatic heterocycles. The van der Waals surface area contributed by atoms with E-state index in [1.54, 1.807) is 30.3 Å². The number of carbonyl (C=O) groups excluding carboxylic acids is 4. The third-order valence-electron chi connectivity index (χ3n) is 9.87. The third-order valence-corrected chi connectivity index (χ3v) is 9.87. The summed E-state index contributed by atoms with van der Waals surface area (Å²) in [6.07, 6.45) is 3.81. The van der Waals surface area contributed by atoms with E-state index < -0.39 is 12.1 Å². The Morgan fingerprint density at radius 1 is 0.940 bits per heavy atom. The van der Waals surface area contributed by atoms with E-state index in [0.717, 1.165) is 47.9 Å². The summed E-state index contributed by atoms with van der Waals surface area (Å²) in [5.74, 6) is -0.961. The molecule has 1 aliphatic heterocycles. The number of imidazole rings is 1. The number of aliphatic hydroxyl groups is 1. The quantitative estimate of drug-likeness (QED) is 0.118. The number of rotatable bonds is 11. The van der Waals surface area contributed by atoms with E-state index in [-0.39, 0.29) is 54.3 Å². The van der Waals surface area contributed by atoms with Crippen LogP contribution < -0.4 is 32.7 Å². The van der Waals surface area contributed by atoms with Gasteiger partial charge in [0.15, 0.2) is 0 Å². The van der Waals surface area contributed by atoms with E-state index in [2.05, 4.69) is 31.2 Å². The van der Waals surface area contributed by atoms with Gasteiger partial charge in [-0.2, -0.15) is 0 Å². The van der Waals surface area contributed by atoms with Crippen molar-refractivity contribution in [2.24, 2.45) is 17.6 Å². The number of benzene rings is 3. The molecule has 13 nitrogen and oxygen atoms in total. The topological polar surface area (TPSA) is 211 Å². The zero-order valence-electron chi connectivity index (χ0n) is 27.9. The summed E-state index contributed by atoms with van der Waals surface area (Å²) in [5.41, 5.74) is 11.1. The van der Waals surface area contributed by atoms with Gasteiger partial charge in [-0.3, -0.25) is 19.2 Å². The molecule has 2 aliphatic rings. The van der Waals surface area contributed by atoms with Crippen LogP contribution in [0.1, 0.15) is 53.6 Å². The molecular formula is C37H43N7O6. The van der Waals surface area contributed by atoms with Crippen molar-refractivity contribution in [1.29, 1.82) is 0 Å². The van der Waals surface area contributed by atoms with Crippen LogP contribution in [0.15, 0.2) is 65.5 Å². The Balaban J connectivity index is 1.15. The molecule has 6 rings (SSSR count). The fourth-order valence-corrected chi connectivity index (χ4v) is 6.92. The number of hydrogen-bond donors (Lipinski definition) is 8. The Bertz CT molecular complexity index is 1940. The second-order valence-corrected chi connectivity index (χ2v) is 13.4.